The van der Waals surface area contributed by atoms with Gasteiger partial charge >= 0.3 is 0 Å². The normalized spacial score (nSPS) is 11.9. The highest BCUT2D eigenvalue weighted by molar-refractivity contribution is 7.92. The fourth-order valence-corrected chi connectivity index (χ4v) is 5.46. The number of benzene rings is 3. The zero-order valence-corrected chi connectivity index (χ0v) is 24.2. The van der Waals surface area contributed by atoms with Gasteiger partial charge in [0.05, 0.1) is 17.2 Å². The predicted molar refractivity (Wildman–Crippen MR) is 153 cm³/mol. The Bertz CT molecular complexity index is 1400. The molecule has 0 aliphatic carbocycles. The van der Waals surface area contributed by atoms with Gasteiger partial charge < -0.3 is 15.0 Å². The van der Waals surface area contributed by atoms with Crippen LogP contribution in [0.4, 0.5) is 14.5 Å². The summed E-state index contributed by atoms with van der Waals surface area (Å²) < 4.78 is 61.1. The molecular formula is C30H35F2N3O5S. The molecule has 0 saturated heterocycles. The second kappa shape index (κ2) is 14.6. The quantitative estimate of drug-likeness (QED) is 0.271. The molecule has 0 fully saturated rings. The Morgan fingerprint density at radius 1 is 0.902 bits per heavy atom. The van der Waals surface area contributed by atoms with Crippen LogP contribution in [0, 0.1) is 11.6 Å². The first-order valence-electron chi connectivity index (χ1n) is 13.4. The molecule has 11 heteroatoms. The van der Waals surface area contributed by atoms with Gasteiger partial charge in [-0.1, -0.05) is 25.5 Å². The third-order valence-corrected chi connectivity index (χ3v) is 8.17. The minimum Gasteiger partial charge on any atom is -0.494 e. The highest BCUT2D eigenvalue weighted by Gasteiger charge is 2.32. The zero-order valence-electron chi connectivity index (χ0n) is 23.3. The summed E-state index contributed by atoms with van der Waals surface area (Å²) in [5.74, 6) is -1.61. The van der Waals surface area contributed by atoms with Gasteiger partial charge in [0.1, 0.15) is 30.0 Å². The lowest BCUT2D eigenvalue weighted by Gasteiger charge is -2.32. The highest BCUT2D eigenvalue weighted by Crippen LogP contribution is 2.27. The van der Waals surface area contributed by atoms with Crippen LogP contribution in [0.3, 0.4) is 0 Å². The van der Waals surface area contributed by atoms with Gasteiger partial charge in [-0.15, -0.1) is 0 Å². The summed E-state index contributed by atoms with van der Waals surface area (Å²) in [4.78, 5) is 27.9. The Morgan fingerprint density at radius 3 is 2.05 bits per heavy atom. The van der Waals surface area contributed by atoms with Crippen LogP contribution in [0.2, 0.25) is 0 Å². The fourth-order valence-electron chi connectivity index (χ4n) is 4.04. The van der Waals surface area contributed by atoms with Crippen molar-refractivity contribution in [3.8, 4) is 5.75 Å². The standard InChI is InChI=1S/C30H35F2N3O5S/c1-4-6-19-33-30(37)22(3)34(20-23-7-9-24(31)10-8-23)29(36)21-35(26-13-15-27(16-14-26)40-5-2)41(38,39)28-17-11-25(32)12-18-28/h7-18,22H,4-6,19-21H2,1-3H3,(H,33,37). The third-order valence-electron chi connectivity index (χ3n) is 6.38. The Morgan fingerprint density at radius 2 is 1.49 bits per heavy atom. The van der Waals surface area contributed by atoms with Crippen molar-refractivity contribution in [3.05, 3.63) is 90.0 Å². The molecular weight excluding hydrogens is 552 g/mol. The third kappa shape index (κ3) is 8.50. The van der Waals surface area contributed by atoms with Gasteiger partial charge in [0.15, 0.2) is 0 Å². The number of carbonyl (C=O) groups is 2. The molecule has 0 spiro atoms. The number of ether oxygens (including phenoxy) is 1. The van der Waals surface area contributed by atoms with E-state index in [0.29, 0.717) is 24.5 Å². The van der Waals surface area contributed by atoms with Crippen molar-refractivity contribution < 1.29 is 31.5 Å². The summed E-state index contributed by atoms with van der Waals surface area (Å²) in [6.45, 7) is 5.47. The number of unbranched alkanes of at least 4 members (excludes halogenated alkanes) is 1. The van der Waals surface area contributed by atoms with E-state index in [4.69, 9.17) is 4.74 Å². The fraction of sp³-hybridized carbons (Fsp3) is 0.333. The lowest BCUT2D eigenvalue weighted by Crippen LogP contribution is -2.51. The molecule has 3 rings (SSSR count). The van der Waals surface area contributed by atoms with Crippen molar-refractivity contribution in [1.82, 2.24) is 10.2 Å². The summed E-state index contributed by atoms with van der Waals surface area (Å²) >= 11 is 0. The van der Waals surface area contributed by atoms with Crippen LogP contribution in [-0.2, 0) is 26.2 Å². The van der Waals surface area contributed by atoms with E-state index in [1.165, 1.54) is 41.3 Å². The Labute approximate surface area is 240 Å². The molecule has 220 valence electrons. The van der Waals surface area contributed by atoms with E-state index in [0.717, 1.165) is 41.4 Å². The second-order valence-corrected chi connectivity index (χ2v) is 11.2. The van der Waals surface area contributed by atoms with E-state index in [2.05, 4.69) is 5.32 Å². The van der Waals surface area contributed by atoms with E-state index in [9.17, 15) is 26.8 Å². The number of nitrogens with one attached hydrogen (secondary N) is 1. The minimum absolute atomic E-state index is 0.0603. The molecule has 1 N–H and O–H groups in total. The first kappa shape index (κ1) is 31.5. The lowest BCUT2D eigenvalue weighted by molar-refractivity contribution is -0.139. The van der Waals surface area contributed by atoms with Crippen LogP contribution >= 0.6 is 0 Å². The minimum atomic E-state index is -4.34. The van der Waals surface area contributed by atoms with Gasteiger partial charge in [-0.2, -0.15) is 0 Å². The summed E-state index contributed by atoms with van der Waals surface area (Å²) in [7, 11) is -4.34. The SMILES string of the molecule is CCCCNC(=O)C(C)N(Cc1ccc(F)cc1)C(=O)CN(c1ccc(OCC)cc1)S(=O)(=O)c1ccc(F)cc1. The molecule has 2 amide bonds. The molecule has 0 bridgehead atoms. The molecule has 0 heterocycles. The smallest absolute Gasteiger partial charge is 0.264 e. The Balaban J connectivity index is 2.00. The number of rotatable bonds is 14. The van der Waals surface area contributed by atoms with Crippen molar-refractivity contribution in [1.29, 1.82) is 0 Å². The summed E-state index contributed by atoms with van der Waals surface area (Å²) in [6, 6.07) is 15.0. The van der Waals surface area contributed by atoms with E-state index in [1.54, 1.807) is 19.1 Å². The molecule has 0 radical (unpaired) electrons. The second-order valence-electron chi connectivity index (χ2n) is 9.36. The van der Waals surface area contributed by atoms with E-state index < -0.39 is 46.1 Å². The number of halogens is 2. The van der Waals surface area contributed by atoms with Crippen molar-refractivity contribution >= 4 is 27.5 Å². The first-order chi connectivity index (χ1) is 19.6. The highest BCUT2D eigenvalue weighted by atomic mass is 32.2. The molecule has 3 aromatic carbocycles. The molecule has 0 aliphatic heterocycles. The molecule has 41 heavy (non-hydrogen) atoms. The van der Waals surface area contributed by atoms with Crippen molar-refractivity contribution in [2.75, 3.05) is 24.0 Å². The summed E-state index contributed by atoms with van der Waals surface area (Å²) in [5.41, 5.74) is 0.731. The number of hydrogen-bond donors (Lipinski definition) is 1. The van der Waals surface area contributed by atoms with E-state index >= 15 is 0 Å². The van der Waals surface area contributed by atoms with Crippen molar-refractivity contribution in [2.45, 2.75) is 51.1 Å². The van der Waals surface area contributed by atoms with Gasteiger partial charge in [0.25, 0.3) is 10.0 Å². The number of anilines is 1. The average molecular weight is 588 g/mol. The van der Waals surface area contributed by atoms with Crippen LogP contribution in [-0.4, -0.2) is 50.9 Å². The summed E-state index contributed by atoms with van der Waals surface area (Å²) in [6.07, 6.45) is 1.62. The van der Waals surface area contributed by atoms with E-state index in [-0.39, 0.29) is 17.1 Å². The predicted octanol–water partition coefficient (Wildman–Crippen LogP) is 4.89. The van der Waals surface area contributed by atoms with Crippen LogP contribution in [0.5, 0.6) is 5.75 Å². The lowest BCUT2D eigenvalue weighted by atomic mass is 10.1. The summed E-state index contributed by atoms with van der Waals surface area (Å²) in [5, 5.41) is 2.80. The van der Waals surface area contributed by atoms with Crippen LogP contribution in [0.1, 0.15) is 39.2 Å². The van der Waals surface area contributed by atoms with Crippen molar-refractivity contribution in [3.63, 3.8) is 0 Å². The Hall–Kier alpha value is -3.99. The largest absolute Gasteiger partial charge is 0.494 e. The van der Waals surface area contributed by atoms with Gasteiger partial charge in [-0.05, 0) is 86.5 Å². The molecule has 0 aromatic heterocycles. The molecule has 1 unspecified atom stereocenters. The number of amides is 2. The maximum atomic E-state index is 13.9. The number of hydrogen-bond acceptors (Lipinski definition) is 5. The van der Waals surface area contributed by atoms with Gasteiger partial charge in [0, 0.05) is 13.1 Å². The maximum Gasteiger partial charge on any atom is 0.264 e. The van der Waals surface area contributed by atoms with Gasteiger partial charge in [-0.25, -0.2) is 17.2 Å². The Kier molecular flexibility index (Phi) is 11.2. The topological polar surface area (TPSA) is 96.0 Å². The van der Waals surface area contributed by atoms with Gasteiger partial charge in [0.2, 0.25) is 11.8 Å². The number of sulfonamides is 1. The molecule has 1 atom stereocenters. The maximum absolute atomic E-state index is 13.9. The first-order valence-corrected chi connectivity index (χ1v) is 14.8. The van der Waals surface area contributed by atoms with Crippen LogP contribution in [0.15, 0.2) is 77.7 Å². The molecule has 8 nitrogen and oxygen atoms in total. The number of nitrogens with zero attached hydrogens (tertiary/aromatic N) is 2. The monoisotopic (exact) mass is 587 g/mol. The van der Waals surface area contributed by atoms with Crippen molar-refractivity contribution in [2.24, 2.45) is 0 Å². The zero-order chi connectivity index (χ0) is 30.0. The molecule has 0 saturated carbocycles. The molecule has 0 aliphatic rings. The average Bonchev–Trinajstić information content (AvgIpc) is 2.96. The molecule has 3 aromatic rings. The van der Waals surface area contributed by atoms with E-state index in [1.807, 2.05) is 13.8 Å². The van der Waals surface area contributed by atoms with Crippen LogP contribution < -0.4 is 14.4 Å². The van der Waals surface area contributed by atoms with Crippen LogP contribution in [0.25, 0.3) is 0 Å². The van der Waals surface area contributed by atoms with Gasteiger partial charge in [-0.3, -0.25) is 13.9 Å². The number of carbonyl (C=O) groups excluding carboxylic acids is 2.